The van der Waals surface area contributed by atoms with Crippen molar-refractivity contribution in [2.24, 2.45) is 0 Å². The fraction of sp³-hybridized carbons (Fsp3) is 0.462. The molecule has 0 saturated carbocycles. The highest BCUT2D eigenvalue weighted by atomic mass is 35.5. The van der Waals surface area contributed by atoms with E-state index in [4.69, 9.17) is 4.98 Å². The molecule has 0 unspecified atom stereocenters. The van der Waals surface area contributed by atoms with Crippen LogP contribution in [0.25, 0.3) is 10.2 Å². The number of carbonyl (C=O) groups excluding carboxylic acids is 1. The summed E-state index contributed by atoms with van der Waals surface area (Å²) >= 11 is 1.51. The summed E-state index contributed by atoms with van der Waals surface area (Å²) in [6.45, 7) is 4.53. The standard InChI is InChI=1S/C26H34N4O3S2.ClH/c1-20-9-14-23-24(19-20)34-26(27-23)30(18-8-15-28(2)3)25(31)21-10-12-22(13-11-21)35(32,33)29-16-6-4-5-7-17-29;/h9-14,19H,4-8,15-18H2,1-3H3;1H/p-1. The fourth-order valence-corrected chi connectivity index (χ4v) is 6.93. The van der Waals surface area contributed by atoms with Crippen molar-refractivity contribution < 1.29 is 25.6 Å². The maximum atomic E-state index is 13.6. The first-order valence-corrected chi connectivity index (χ1v) is 14.5. The van der Waals surface area contributed by atoms with E-state index < -0.39 is 10.0 Å². The molecule has 3 aromatic rings. The second-order valence-electron chi connectivity index (χ2n) is 9.42. The highest BCUT2D eigenvalue weighted by Gasteiger charge is 2.26. The number of aromatic nitrogens is 1. The Morgan fingerprint density at radius 2 is 1.67 bits per heavy atom. The van der Waals surface area contributed by atoms with Crippen LogP contribution in [0.1, 0.15) is 48.0 Å². The number of anilines is 1. The Balaban J connectivity index is 0.00000361. The predicted molar refractivity (Wildman–Crippen MR) is 143 cm³/mol. The molecule has 1 fully saturated rings. The molecular formula is C26H34ClN4O3S2-. The monoisotopic (exact) mass is 549 g/mol. The van der Waals surface area contributed by atoms with Gasteiger partial charge < -0.3 is 17.3 Å². The Labute approximate surface area is 224 Å². The maximum Gasteiger partial charge on any atom is 0.260 e. The molecule has 1 amide bonds. The number of nitrogens with zero attached hydrogens (tertiary/aromatic N) is 4. The minimum Gasteiger partial charge on any atom is -1.00 e. The van der Waals surface area contributed by atoms with Crippen LogP contribution in [0.2, 0.25) is 0 Å². The molecule has 1 aliphatic rings. The molecule has 1 aromatic heterocycles. The van der Waals surface area contributed by atoms with Crippen LogP contribution in [0.3, 0.4) is 0 Å². The summed E-state index contributed by atoms with van der Waals surface area (Å²) < 4.78 is 28.9. The van der Waals surface area contributed by atoms with E-state index >= 15 is 0 Å². The third kappa shape index (κ3) is 6.63. The average Bonchev–Trinajstić information content (AvgIpc) is 3.04. The number of amides is 1. The van der Waals surface area contributed by atoms with Crippen molar-refractivity contribution in [3.05, 3.63) is 53.6 Å². The molecule has 0 N–H and O–H groups in total. The lowest BCUT2D eigenvalue weighted by Crippen LogP contribution is -3.00. The summed E-state index contributed by atoms with van der Waals surface area (Å²) in [5.74, 6) is -0.168. The van der Waals surface area contributed by atoms with Gasteiger partial charge in [-0.1, -0.05) is 30.2 Å². The van der Waals surface area contributed by atoms with Crippen LogP contribution in [-0.4, -0.2) is 68.8 Å². The van der Waals surface area contributed by atoms with E-state index in [0.29, 0.717) is 30.3 Å². The zero-order valence-corrected chi connectivity index (χ0v) is 23.5. The van der Waals surface area contributed by atoms with E-state index in [-0.39, 0.29) is 23.2 Å². The molecular weight excluding hydrogens is 516 g/mol. The summed E-state index contributed by atoms with van der Waals surface area (Å²) in [6.07, 6.45) is 4.71. The molecule has 7 nitrogen and oxygen atoms in total. The lowest BCUT2D eigenvalue weighted by atomic mass is 10.2. The van der Waals surface area contributed by atoms with Gasteiger partial charge in [0.25, 0.3) is 5.91 Å². The summed E-state index contributed by atoms with van der Waals surface area (Å²) in [6, 6.07) is 12.5. The Bertz CT molecular complexity index is 1270. The first kappa shape index (κ1) is 28.5. The lowest BCUT2D eigenvalue weighted by Gasteiger charge is -2.22. The minimum absolute atomic E-state index is 0. The largest absolute Gasteiger partial charge is 1.00 e. The second kappa shape index (κ2) is 12.5. The first-order chi connectivity index (χ1) is 16.8. The number of rotatable bonds is 8. The number of aryl methyl sites for hydroxylation is 1. The number of benzene rings is 2. The molecule has 10 heteroatoms. The van der Waals surface area contributed by atoms with E-state index in [1.165, 1.54) is 11.3 Å². The number of thiazole rings is 1. The van der Waals surface area contributed by atoms with Crippen molar-refractivity contribution in [3.63, 3.8) is 0 Å². The highest BCUT2D eigenvalue weighted by molar-refractivity contribution is 7.89. The van der Waals surface area contributed by atoms with Gasteiger partial charge in [-0.05, 0) is 88.8 Å². The number of hydrogen-bond acceptors (Lipinski definition) is 6. The van der Waals surface area contributed by atoms with Gasteiger partial charge >= 0.3 is 0 Å². The molecule has 1 saturated heterocycles. The van der Waals surface area contributed by atoms with Gasteiger partial charge in [0, 0.05) is 25.2 Å². The van der Waals surface area contributed by atoms with Crippen molar-refractivity contribution in [1.82, 2.24) is 14.2 Å². The average molecular weight is 550 g/mol. The third-order valence-electron chi connectivity index (χ3n) is 6.30. The van der Waals surface area contributed by atoms with Gasteiger partial charge in [0.1, 0.15) is 0 Å². The molecule has 4 rings (SSSR count). The van der Waals surface area contributed by atoms with Crippen molar-refractivity contribution in [2.45, 2.75) is 43.9 Å². The van der Waals surface area contributed by atoms with E-state index in [0.717, 1.165) is 54.4 Å². The van der Waals surface area contributed by atoms with E-state index in [2.05, 4.69) is 11.0 Å². The van der Waals surface area contributed by atoms with Crippen molar-refractivity contribution in [2.75, 3.05) is 45.2 Å². The molecule has 196 valence electrons. The normalized spacial score (nSPS) is 15.0. The lowest BCUT2D eigenvalue weighted by molar-refractivity contribution is -0.0000174. The smallest absolute Gasteiger partial charge is 0.260 e. The SMILES string of the molecule is Cc1ccc2nc(N(CCCN(C)C)C(=O)c3ccc(S(=O)(=O)N4CCCCCC4)cc3)sc2c1.[Cl-]. The van der Waals surface area contributed by atoms with Gasteiger partial charge in [-0.25, -0.2) is 13.4 Å². The number of hydrogen-bond donors (Lipinski definition) is 0. The summed E-state index contributed by atoms with van der Waals surface area (Å²) in [4.78, 5) is 22.4. The molecule has 2 heterocycles. The first-order valence-electron chi connectivity index (χ1n) is 12.2. The van der Waals surface area contributed by atoms with Crippen LogP contribution in [0.15, 0.2) is 47.4 Å². The Hall–Kier alpha value is -2.04. The minimum atomic E-state index is -3.55. The Morgan fingerprint density at radius 1 is 1.00 bits per heavy atom. The van der Waals surface area contributed by atoms with Crippen LogP contribution in [-0.2, 0) is 10.0 Å². The quantitative estimate of drug-likeness (QED) is 0.428. The van der Waals surface area contributed by atoms with E-state index in [1.54, 1.807) is 33.5 Å². The highest BCUT2D eigenvalue weighted by Crippen LogP contribution is 2.31. The zero-order valence-electron chi connectivity index (χ0n) is 21.1. The van der Waals surface area contributed by atoms with E-state index in [9.17, 15) is 13.2 Å². The van der Waals surface area contributed by atoms with Crippen molar-refractivity contribution in [1.29, 1.82) is 0 Å². The summed E-state index contributed by atoms with van der Waals surface area (Å²) in [5, 5.41) is 0.663. The number of sulfonamides is 1. The van der Waals surface area contributed by atoms with Crippen molar-refractivity contribution in [3.8, 4) is 0 Å². The Morgan fingerprint density at radius 3 is 2.31 bits per heavy atom. The van der Waals surface area contributed by atoms with Crippen LogP contribution in [0.5, 0.6) is 0 Å². The van der Waals surface area contributed by atoms with Crippen LogP contribution in [0.4, 0.5) is 5.13 Å². The molecule has 0 spiro atoms. The molecule has 0 bridgehead atoms. The predicted octanol–water partition coefficient (Wildman–Crippen LogP) is 1.77. The third-order valence-corrected chi connectivity index (χ3v) is 9.25. The zero-order chi connectivity index (χ0) is 25.0. The van der Waals surface area contributed by atoms with Gasteiger partial charge in [-0.15, -0.1) is 0 Å². The van der Waals surface area contributed by atoms with Gasteiger partial charge in [0.2, 0.25) is 10.0 Å². The van der Waals surface area contributed by atoms with Crippen LogP contribution >= 0.6 is 11.3 Å². The molecule has 0 atom stereocenters. The van der Waals surface area contributed by atoms with Gasteiger partial charge in [0.05, 0.1) is 15.1 Å². The Kier molecular flexibility index (Phi) is 9.88. The fourth-order valence-electron chi connectivity index (χ4n) is 4.32. The molecule has 0 aliphatic carbocycles. The number of fused-ring (bicyclic) bond motifs is 1. The van der Waals surface area contributed by atoms with E-state index in [1.807, 2.05) is 33.2 Å². The van der Waals surface area contributed by atoms with Crippen LogP contribution in [0, 0.1) is 6.92 Å². The van der Waals surface area contributed by atoms with Gasteiger partial charge in [-0.2, -0.15) is 4.31 Å². The molecule has 0 radical (unpaired) electrons. The molecule has 1 aliphatic heterocycles. The number of halogens is 1. The van der Waals surface area contributed by atoms with Gasteiger partial charge in [0.15, 0.2) is 5.13 Å². The number of carbonyl (C=O) groups is 1. The van der Waals surface area contributed by atoms with Crippen LogP contribution < -0.4 is 17.3 Å². The summed E-state index contributed by atoms with van der Waals surface area (Å²) in [7, 11) is 0.467. The summed E-state index contributed by atoms with van der Waals surface area (Å²) in [5.41, 5.74) is 2.49. The molecule has 36 heavy (non-hydrogen) atoms. The maximum absolute atomic E-state index is 13.6. The van der Waals surface area contributed by atoms with Crippen molar-refractivity contribution >= 4 is 42.6 Å². The second-order valence-corrected chi connectivity index (χ2v) is 12.4. The topological polar surface area (TPSA) is 73.8 Å². The van der Waals surface area contributed by atoms with Gasteiger partial charge in [-0.3, -0.25) is 9.69 Å². The molecule has 2 aromatic carbocycles.